The van der Waals surface area contributed by atoms with E-state index in [4.69, 9.17) is 17.0 Å². The first-order chi connectivity index (χ1) is 11.6. The molecule has 0 radical (unpaired) electrons. The Morgan fingerprint density at radius 1 is 1.17 bits per heavy atom. The van der Waals surface area contributed by atoms with Crippen molar-refractivity contribution in [3.63, 3.8) is 0 Å². The Kier molecular flexibility index (Phi) is 6.47. The predicted molar refractivity (Wildman–Crippen MR) is 97.7 cm³/mol. The molecule has 1 heterocycles. The predicted octanol–water partition coefficient (Wildman–Crippen LogP) is 2.11. The van der Waals surface area contributed by atoms with Crippen LogP contribution in [0.2, 0.25) is 0 Å². The van der Waals surface area contributed by atoms with Gasteiger partial charge in [0, 0.05) is 11.0 Å². The quantitative estimate of drug-likeness (QED) is 0.442. The highest BCUT2D eigenvalue weighted by molar-refractivity contribution is 7.80. The molecule has 0 aliphatic carbocycles. The van der Waals surface area contributed by atoms with E-state index < -0.39 is 11.8 Å². The first kappa shape index (κ1) is 17.6. The van der Waals surface area contributed by atoms with Crippen LogP contribution in [0.25, 0.3) is 6.08 Å². The zero-order valence-corrected chi connectivity index (χ0v) is 14.4. The van der Waals surface area contributed by atoms with Crippen LogP contribution in [0.4, 0.5) is 0 Å². The summed E-state index contributed by atoms with van der Waals surface area (Å²) in [6, 6.07) is 10.5. The minimum absolute atomic E-state index is 0.0147. The van der Waals surface area contributed by atoms with Gasteiger partial charge in [-0.05, 0) is 41.9 Å². The molecule has 0 saturated heterocycles. The normalized spacial score (nSPS) is 10.2. The van der Waals surface area contributed by atoms with E-state index in [-0.39, 0.29) is 5.11 Å². The molecule has 0 spiro atoms. The van der Waals surface area contributed by atoms with Crippen molar-refractivity contribution in [2.75, 3.05) is 7.11 Å². The van der Waals surface area contributed by atoms with Gasteiger partial charge in [0.1, 0.15) is 5.75 Å². The molecule has 0 fully saturated rings. The third-order valence-electron chi connectivity index (χ3n) is 2.82. The minimum atomic E-state index is -0.432. The zero-order valence-electron chi connectivity index (χ0n) is 12.7. The van der Waals surface area contributed by atoms with Crippen molar-refractivity contribution >= 4 is 46.6 Å². The van der Waals surface area contributed by atoms with E-state index in [0.717, 1.165) is 4.88 Å². The first-order valence-corrected chi connectivity index (χ1v) is 8.15. The number of hydrogen-bond acceptors (Lipinski definition) is 5. The van der Waals surface area contributed by atoms with Crippen molar-refractivity contribution in [2.45, 2.75) is 0 Å². The maximum atomic E-state index is 12.1. The summed E-state index contributed by atoms with van der Waals surface area (Å²) >= 11 is 6.47. The fourth-order valence-electron chi connectivity index (χ4n) is 1.74. The third kappa shape index (κ3) is 5.18. The Bertz CT molecular complexity index is 758. The number of carbonyl (C=O) groups is 2. The van der Waals surface area contributed by atoms with Gasteiger partial charge < -0.3 is 4.74 Å². The van der Waals surface area contributed by atoms with Crippen LogP contribution in [-0.2, 0) is 4.79 Å². The van der Waals surface area contributed by atoms with Gasteiger partial charge in [0.25, 0.3) is 5.91 Å². The van der Waals surface area contributed by atoms with Gasteiger partial charge in [-0.2, -0.15) is 0 Å². The summed E-state index contributed by atoms with van der Waals surface area (Å²) < 4.78 is 5.11. The van der Waals surface area contributed by atoms with E-state index in [9.17, 15) is 9.59 Å². The van der Waals surface area contributed by atoms with Crippen molar-refractivity contribution in [1.29, 1.82) is 0 Å². The molecule has 124 valence electrons. The van der Waals surface area contributed by atoms with E-state index in [2.05, 4.69) is 16.2 Å². The maximum absolute atomic E-state index is 12.1. The summed E-state index contributed by atoms with van der Waals surface area (Å²) in [6.45, 7) is 0. The minimum Gasteiger partial charge on any atom is -0.496 e. The molecule has 0 unspecified atom stereocenters. The number of thiophene rings is 1. The standard InChI is InChI=1S/C16H15N3O3S2/c1-22-13-7-3-2-6-12(13)15(21)18-19-16(23)17-14(20)9-8-11-5-4-10-24-11/h2-10H,1H3,(H,18,21)(H2,17,19,20,23). The van der Waals surface area contributed by atoms with Crippen LogP contribution in [0.15, 0.2) is 47.9 Å². The number of carbonyl (C=O) groups excluding carboxylic acids is 2. The van der Waals surface area contributed by atoms with Crippen molar-refractivity contribution in [3.05, 3.63) is 58.3 Å². The highest BCUT2D eigenvalue weighted by atomic mass is 32.1. The van der Waals surface area contributed by atoms with Crippen molar-refractivity contribution in [3.8, 4) is 5.75 Å². The Balaban J connectivity index is 1.82. The molecule has 0 aliphatic heterocycles. The molecule has 2 amide bonds. The fourth-order valence-corrected chi connectivity index (χ4v) is 2.51. The molecule has 3 N–H and O–H groups in total. The monoisotopic (exact) mass is 361 g/mol. The second-order valence-electron chi connectivity index (χ2n) is 4.45. The lowest BCUT2D eigenvalue weighted by atomic mass is 10.2. The van der Waals surface area contributed by atoms with Crippen LogP contribution in [0, 0.1) is 0 Å². The second-order valence-corrected chi connectivity index (χ2v) is 5.83. The molecule has 8 heteroatoms. The van der Waals surface area contributed by atoms with Crippen LogP contribution < -0.4 is 20.9 Å². The van der Waals surface area contributed by atoms with Crippen molar-refractivity contribution < 1.29 is 14.3 Å². The Morgan fingerprint density at radius 2 is 1.96 bits per heavy atom. The van der Waals surface area contributed by atoms with Gasteiger partial charge in [-0.25, -0.2) is 0 Å². The van der Waals surface area contributed by atoms with E-state index >= 15 is 0 Å². The molecule has 2 rings (SSSR count). The van der Waals surface area contributed by atoms with Gasteiger partial charge in [-0.3, -0.25) is 25.8 Å². The molecular weight excluding hydrogens is 346 g/mol. The topological polar surface area (TPSA) is 79.5 Å². The number of rotatable bonds is 4. The van der Waals surface area contributed by atoms with Gasteiger partial charge in [-0.1, -0.05) is 18.2 Å². The van der Waals surface area contributed by atoms with Crippen LogP contribution in [0.1, 0.15) is 15.2 Å². The SMILES string of the molecule is COc1ccccc1C(=O)NNC(=S)NC(=O)C=Cc1cccs1. The maximum Gasteiger partial charge on any atom is 0.273 e. The van der Waals surface area contributed by atoms with E-state index in [1.807, 2.05) is 17.5 Å². The first-order valence-electron chi connectivity index (χ1n) is 6.86. The van der Waals surface area contributed by atoms with Gasteiger partial charge in [-0.15, -0.1) is 11.3 Å². The van der Waals surface area contributed by atoms with Gasteiger partial charge in [0.2, 0.25) is 5.91 Å². The molecule has 0 aliphatic rings. The number of ether oxygens (including phenoxy) is 1. The average molecular weight is 361 g/mol. The molecule has 6 nitrogen and oxygen atoms in total. The van der Waals surface area contributed by atoms with Gasteiger partial charge in [0.05, 0.1) is 12.7 Å². The number of thiocarbonyl (C=S) groups is 1. The average Bonchev–Trinajstić information content (AvgIpc) is 3.11. The molecule has 1 aromatic carbocycles. The van der Waals surface area contributed by atoms with E-state index in [1.165, 1.54) is 24.5 Å². The smallest absolute Gasteiger partial charge is 0.273 e. The summed E-state index contributed by atoms with van der Waals surface area (Å²) in [5, 5.41) is 4.33. The van der Waals surface area contributed by atoms with E-state index in [0.29, 0.717) is 11.3 Å². The molecule has 2 aromatic rings. The lowest BCUT2D eigenvalue weighted by Crippen LogP contribution is -2.48. The highest BCUT2D eigenvalue weighted by Crippen LogP contribution is 2.16. The summed E-state index contributed by atoms with van der Waals surface area (Å²) in [6.07, 6.45) is 3.04. The third-order valence-corrected chi connectivity index (χ3v) is 3.86. The number of benzene rings is 1. The largest absolute Gasteiger partial charge is 0.496 e. The zero-order chi connectivity index (χ0) is 17.4. The molecule has 0 atom stereocenters. The summed E-state index contributed by atoms with van der Waals surface area (Å²) in [4.78, 5) is 24.7. The van der Waals surface area contributed by atoms with Crippen LogP contribution in [-0.4, -0.2) is 24.0 Å². The van der Waals surface area contributed by atoms with Crippen molar-refractivity contribution in [1.82, 2.24) is 16.2 Å². The van der Waals surface area contributed by atoms with Crippen LogP contribution in [0.3, 0.4) is 0 Å². The number of para-hydroxylation sites is 1. The Hall–Kier alpha value is -2.71. The van der Waals surface area contributed by atoms with Gasteiger partial charge >= 0.3 is 0 Å². The van der Waals surface area contributed by atoms with E-state index in [1.54, 1.807) is 30.3 Å². The lowest BCUT2D eigenvalue weighted by Gasteiger charge is -2.11. The molecular formula is C16H15N3O3S2. The highest BCUT2D eigenvalue weighted by Gasteiger charge is 2.11. The summed E-state index contributed by atoms with van der Waals surface area (Å²) in [5.41, 5.74) is 5.22. The second kappa shape index (κ2) is 8.80. The number of hydrazine groups is 1. The number of amides is 2. The molecule has 24 heavy (non-hydrogen) atoms. The number of nitrogens with one attached hydrogen (secondary N) is 3. The van der Waals surface area contributed by atoms with Crippen molar-refractivity contribution in [2.24, 2.45) is 0 Å². The number of hydrogen-bond donors (Lipinski definition) is 3. The Labute approximate surface area is 148 Å². The number of methoxy groups -OCH3 is 1. The fraction of sp³-hybridized carbons (Fsp3) is 0.0625. The molecule has 0 bridgehead atoms. The summed E-state index contributed by atoms with van der Waals surface area (Å²) in [5.74, 6) is -0.392. The molecule has 1 aromatic heterocycles. The van der Waals surface area contributed by atoms with Crippen LogP contribution >= 0.6 is 23.6 Å². The summed E-state index contributed by atoms with van der Waals surface area (Å²) in [7, 11) is 1.48. The van der Waals surface area contributed by atoms with Crippen LogP contribution in [0.5, 0.6) is 5.75 Å². The van der Waals surface area contributed by atoms with Gasteiger partial charge in [0.15, 0.2) is 5.11 Å². The molecule has 0 saturated carbocycles. The Morgan fingerprint density at radius 3 is 2.67 bits per heavy atom. The lowest BCUT2D eigenvalue weighted by molar-refractivity contribution is -0.115.